The Kier molecular flexibility index (Phi) is 5.33. The van der Waals surface area contributed by atoms with E-state index in [2.05, 4.69) is 30.0 Å². The molecule has 7 nitrogen and oxygen atoms in total. The monoisotopic (exact) mass is 432 g/mol. The van der Waals surface area contributed by atoms with Crippen molar-refractivity contribution in [1.82, 2.24) is 19.7 Å². The molecule has 2 aliphatic heterocycles. The highest BCUT2D eigenvalue weighted by atomic mass is 16.6. The molecular formula is C25H28N4O3. The van der Waals surface area contributed by atoms with Crippen LogP contribution >= 0.6 is 0 Å². The van der Waals surface area contributed by atoms with Gasteiger partial charge < -0.3 is 14.4 Å². The number of para-hydroxylation sites is 2. The summed E-state index contributed by atoms with van der Waals surface area (Å²) < 4.78 is 13.5. The molecule has 0 bridgehead atoms. The molecule has 3 heterocycles. The summed E-state index contributed by atoms with van der Waals surface area (Å²) in [7, 11) is 0. The van der Waals surface area contributed by atoms with Crippen molar-refractivity contribution in [3.05, 3.63) is 65.2 Å². The molecule has 2 aliphatic rings. The van der Waals surface area contributed by atoms with Crippen LogP contribution in [0.1, 0.15) is 66.2 Å². The number of carbonyl (C=O) groups is 1. The highest BCUT2D eigenvalue weighted by molar-refractivity contribution is 5.91. The number of carbonyl (C=O) groups excluding carboxylic acids is 1. The Hall–Kier alpha value is -3.35. The average Bonchev–Trinajstić information content (AvgIpc) is 3.45. The van der Waals surface area contributed by atoms with E-state index >= 15 is 0 Å². The van der Waals surface area contributed by atoms with Gasteiger partial charge >= 0.3 is 0 Å². The topological polar surface area (TPSA) is 69.5 Å². The predicted octanol–water partition coefficient (Wildman–Crippen LogP) is 4.45. The van der Waals surface area contributed by atoms with Gasteiger partial charge in [0, 0.05) is 12.1 Å². The predicted molar refractivity (Wildman–Crippen MR) is 121 cm³/mol. The number of amides is 1. The standard InChI is InChI=1S/C25H28N4O3/c1-16(2)18-8-4-5-10-21(18)29-17(3)26-24(27-29)25(30)28-13-7-11-20(28)19-9-6-12-22-23(19)32-15-14-31-22/h4-6,8-10,12,16,20H,7,11,13-15H2,1-3H3. The first-order valence-electron chi connectivity index (χ1n) is 11.3. The Labute approximate surface area is 188 Å². The Morgan fingerprint density at radius 2 is 1.91 bits per heavy atom. The maximum absolute atomic E-state index is 13.5. The summed E-state index contributed by atoms with van der Waals surface area (Å²) in [5, 5.41) is 4.64. The van der Waals surface area contributed by atoms with Crippen LogP contribution in [0.2, 0.25) is 0 Å². The third-order valence-electron chi connectivity index (χ3n) is 6.22. The van der Waals surface area contributed by atoms with Gasteiger partial charge in [-0.1, -0.05) is 44.2 Å². The molecule has 0 saturated carbocycles. The molecule has 1 unspecified atom stereocenters. The molecule has 1 atom stereocenters. The molecule has 0 radical (unpaired) electrons. The number of ether oxygens (including phenoxy) is 2. The second-order valence-electron chi connectivity index (χ2n) is 8.64. The summed E-state index contributed by atoms with van der Waals surface area (Å²) in [6.45, 7) is 7.93. The van der Waals surface area contributed by atoms with Crippen LogP contribution in [0.15, 0.2) is 42.5 Å². The molecular weight excluding hydrogens is 404 g/mol. The van der Waals surface area contributed by atoms with Gasteiger partial charge in [0.25, 0.3) is 5.91 Å². The maximum atomic E-state index is 13.5. The summed E-state index contributed by atoms with van der Waals surface area (Å²) in [5.41, 5.74) is 3.13. The van der Waals surface area contributed by atoms with Crippen LogP contribution in [-0.4, -0.2) is 45.3 Å². The number of fused-ring (bicyclic) bond motifs is 1. The second kappa shape index (κ2) is 8.30. The molecule has 1 aromatic heterocycles. The van der Waals surface area contributed by atoms with Gasteiger partial charge in [0.1, 0.15) is 19.0 Å². The molecule has 166 valence electrons. The Bertz CT molecular complexity index is 1150. The normalized spacial score (nSPS) is 17.8. The van der Waals surface area contributed by atoms with Crippen molar-refractivity contribution in [2.75, 3.05) is 19.8 Å². The largest absolute Gasteiger partial charge is 0.486 e. The van der Waals surface area contributed by atoms with E-state index in [4.69, 9.17) is 9.47 Å². The fraction of sp³-hybridized carbons (Fsp3) is 0.400. The number of benzene rings is 2. The summed E-state index contributed by atoms with van der Waals surface area (Å²) in [6, 6.07) is 14.0. The van der Waals surface area contributed by atoms with E-state index in [1.165, 1.54) is 5.56 Å². The first kappa shape index (κ1) is 20.5. The highest BCUT2D eigenvalue weighted by Crippen LogP contribution is 2.43. The molecule has 1 saturated heterocycles. The lowest BCUT2D eigenvalue weighted by Crippen LogP contribution is -2.32. The molecule has 2 aromatic carbocycles. The number of rotatable bonds is 4. The highest BCUT2D eigenvalue weighted by Gasteiger charge is 2.35. The fourth-order valence-electron chi connectivity index (χ4n) is 4.70. The molecule has 1 amide bonds. The van der Waals surface area contributed by atoms with Crippen molar-refractivity contribution < 1.29 is 14.3 Å². The lowest BCUT2D eigenvalue weighted by molar-refractivity contribution is 0.0718. The fourth-order valence-corrected chi connectivity index (χ4v) is 4.70. The molecule has 0 spiro atoms. The van der Waals surface area contributed by atoms with E-state index < -0.39 is 0 Å². The van der Waals surface area contributed by atoms with Crippen molar-refractivity contribution in [3.63, 3.8) is 0 Å². The van der Waals surface area contributed by atoms with Gasteiger partial charge in [-0.05, 0) is 43.4 Å². The van der Waals surface area contributed by atoms with Crippen LogP contribution in [0, 0.1) is 6.92 Å². The van der Waals surface area contributed by atoms with Crippen molar-refractivity contribution in [3.8, 4) is 17.2 Å². The number of nitrogens with zero attached hydrogens (tertiary/aromatic N) is 4. The molecule has 32 heavy (non-hydrogen) atoms. The van der Waals surface area contributed by atoms with E-state index in [9.17, 15) is 4.79 Å². The van der Waals surface area contributed by atoms with Crippen LogP contribution in [0.3, 0.4) is 0 Å². The van der Waals surface area contributed by atoms with Gasteiger partial charge in [-0.15, -0.1) is 5.10 Å². The molecule has 0 aliphatic carbocycles. The first-order valence-corrected chi connectivity index (χ1v) is 11.3. The minimum absolute atomic E-state index is 0.0747. The zero-order chi connectivity index (χ0) is 22.2. The van der Waals surface area contributed by atoms with Gasteiger partial charge in [0.2, 0.25) is 5.82 Å². The number of hydrogen-bond acceptors (Lipinski definition) is 5. The molecule has 0 N–H and O–H groups in total. The Morgan fingerprint density at radius 3 is 2.75 bits per heavy atom. The van der Waals surface area contributed by atoms with Crippen LogP contribution in [0.25, 0.3) is 5.69 Å². The average molecular weight is 433 g/mol. The number of aryl methyl sites for hydroxylation is 1. The van der Waals surface area contributed by atoms with Crippen molar-refractivity contribution in [1.29, 1.82) is 0 Å². The minimum Gasteiger partial charge on any atom is -0.486 e. The summed E-state index contributed by atoms with van der Waals surface area (Å²) in [5.74, 6) is 2.62. The van der Waals surface area contributed by atoms with Crippen molar-refractivity contribution in [2.45, 2.75) is 45.6 Å². The van der Waals surface area contributed by atoms with Crippen LogP contribution in [0.5, 0.6) is 11.5 Å². The summed E-state index contributed by atoms with van der Waals surface area (Å²) in [4.78, 5) is 20.0. The van der Waals surface area contributed by atoms with Crippen molar-refractivity contribution >= 4 is 5.91 Å². The molecule has 7 heteroatoms. The van der Waals surface area contributed by atoms with Gasteiger partial charge in [0.15, 0.2) is 11.5 Å². The van der Waals surface area contributed by atoms with Crippen LogP contribution in [0.4, 0.5) is 0 Å². The second-order valence-corrected chi connectivity index (χ2v) is 8.64. The zero-order valence-electron chi connectivity index (χ0n) is 18.7. The van der Waals surface area contributed by atoms with Gasteiger partial charge in [-0.3, -0.25) is 4.79 Å². The maximum Gasteiger partial charge on any atom is 0.294 e. The van der Waals surface area contributed by atoms with E-state index in [0.717, 1.165) is 35.6 Å². The lowest BCUT2D eigenvalue weighted by atomic mass is 10.0. The number of likely N-dealkylation sites (tertiary alicyclic amines) is 1. The Balaban J connectivity index is 1.47. The summed E-state index contributed by atoms with van der Waals surface area (Å²) >= 11 is 0. The quantitative estimate of drug-likeness (QED) is 0.609. The zero-order valence-corrected chi connectivity index (χ0v) is 18.7. The number of aromatic nitrogens is 3. The minimum atomic E-state index is -0.147. The smallest absolute Gasteiger partial charge is 0.294 e. The SMILES string of the molecule is Cc1nc(C(=O)N2CCCC2c2cccc3c2OCCO3)nn1-c1ccccc1C(C)C. The van der Waals surface area contributed by atoms with E-state index in [1.54, 1.807) is 4.68 Å². The summed E-state index contributed by atoms with van der Waals surface area (Å²) in [6.07, 6.45) is 1.80. The van der Waals surface area contributed by atoms with Gasteiger partial charge in [0.05, 0.1) is 11.7 Å². The molecule has 5 rings (SSSR count). The molecule has 1 fully saturated rings. The third kappa shape index (κ3) is 3.51. The first-order chi connectivity index (χ1) is 15.5. The van der Waals surface area contributed by atoms with Gasteiger partial charge in [-0.2, -0.15) is 0 Å². The van der Waals surface area contributed by atoms with Crippen LogP contribution < -0.4 is 9.47 Å². The third-order valence-corrected chi connectivity index (χ3v) is 6.22. The number of hydrogen-bond donors (Lipinski definition) is 0. The van der Waals surface area contributed by atoms with Crippen LogP contribution in [-0.2, 0) is 0 Å². The van der Waals surface area contributed by atoms with Crippen molar-refractivity contribution in [2.24, 2.45) is 0 Å². The Morgan fingerprint density at radius 1 is 1.09 bits per heavy atom. The van der Waals surface area contributed by atoms with E-state index in [-0.39, 0.29) is 17.8 Å². The lowest BCUT2D eigenvalue weighted by Gasteiger charge is -2.28. The molecule has 3 aromatic rings. The van der Waals surface area contributed by atoms with E-state index in [0.29, 0.717) is 31.5 Å². The van der Waals surface area contributed by atoms with E-state index in [1.807, 2.05) is 48.2 Å². The van der Waals surface area contributed by atoms with Gasteiger partial charge in [-0.25, -0.2) is 9.67 Å².